The SMILES string of the molecule is CCCCOc1c([N+](C)(C)CCO)c(=O)c1=O. The minimum atomic E-state index is -0.541. The molecule has 96 valence electrons. The molecular weight excluding hydrogens is 222 g/mol. The molecule has 1 aromatic rings. The first-order valence-electron chi connectivity index (χ1n) is 5.86. The third-order valence-corrected chi connectivity index (χ3v) is 2.85. The Hall–Kier alpha value is -1.20. The summed E-state index contributed by atoms with van der Waals surface area (Å²) in [4.78, 5) is 23.0. The third kappa shape index (κ3) is 2.73. The van der Waals surface area contributed by atoms with Gasteiger partial charge >= 0.3 is 0 Å². The average molecular weight is 242 g/mol. The van der Waals surface area contributed by atoms with Gasteiger partial charge in [-0.25, -0.2) is 0 Å². The Balaban J connectivity index is 2.90. The van der Waals surface area contributed by atoms with Crippen molar-refractivity contribution in [1.82, 2.24) is 4.48 Å². The van der Waals surface area contributed by atoms with E-state index >= 15 is 0 Å². The molecule has 5 heteroatoms. The highest BCUT2D eigenvalue weighted by atomic mass is 16.5. The summed E-state index contributed by atoms with van der Waals surface area (Å²) in [6, 6.07) is 0. The largest absolute Gasteiger partial charge is 0.485 e. The van der Waals surface area contributed by atoms with E-state index in [0.29, 0.717) is 18.8 Å². The standard InChI is InChI=1S/C12H20NO4/c1-4-5-8-17-12-9(10(15)11(12)16)13(2,3)6-7-14/h14H,4-8H2,1-3H3/q+1. The van der Waals surface area contributed by atoms with Crippen molar-refractivity contribution in [3.63, 3.8) is 0 Å². The summed E-state index contributed by atoms with van der Waals surface area (Å²) in [6.45, 7) is 2.82. The molecule has 1 rings (SSSR count). The number of unbranched alkanes of at least 4 members (excludes halogenated alkanes) is 1. The van der Waals surface area contributed by atoms with E-state index in [1.807, 2.05) is 6.92 Å². The number of nitrogens with zero attached hydrogens (tertiary/aromatic N) is 1. The van der Waals surface area contributed by atoms with Crippen LogP contribution in [0.5, 0.6) is 5.75 Å². The van der Waals surface area contributed by atoms with Crippen LogP contribution in [0.25, 0.3) is 0 Å². The van der Waals surface area contributed by atoms with Gasteiger partial charge in [-0.3, -0.25) is 14.1 Å². The molecule has 1 N–H and O–H groups in total. The van der Waals surface area contributed by atoms with Gasteiger partial charge in [-0.2, -0.15) is 0 Å². The van der Waals surface area contributed by atoms with E-state index < -0.39 is 10.9 Å². The van der Waals surface area contributed by atoms with E-state index in [1.165, 1.54) is 0 Å². The minimum Gasteiger partial charge on any atom is -0.485 e. The summed E-state index contributed by atoms with van der Waals surface area (Å²) < 4.78 is 5.54. The molecule has 0 amide bonds. The van der Waals surface area contributed by atoms with Crippen LogP contribution in [0, 0.1) is 0 Å². The number of quaternary nitrogens is 1. The second-order valence-electron chi connectivity index (χ2n) is 4.67. The molecular formula is C12H20NO4+. The Labute approximate surface area is 101 Å². The maximum absolute atomic E-state index is 11.5. The quantitative estimate of drug-likeness (QED) is 0.416. The predicted molar refractivity (Wildman–Crippen MR) is 67.4 cm³/mol. The molecule has 0 bridgehead atoms. The van der Waals surface area contributed by atoms with Crippen LogP contribution in [-0.4, -0.2) is 39.0 Å². The number of rotatable bonds is 7. The smallest absolute Gasteiger partial charge is 0.294 e. The van der Waals surface area contributed by atoms with Gasteiger partial charge in [-0.15, -0.1) is 0 Å². The summed E-state index contributed by atoms with van der Waals surface area (Å²) in [5.74, 6) is 0.182. The molecule has 0 radical (unpaired) electrons. The summed E-state index contributed by atoms with van der Waals surface area (Å²) in [6.07, 6.45) is 1.82. The van der Waals surface area contributed by atoms with Crippen molar-refractivity contribution < 1.29 is 9.84 Å². The van der Waals surface area contributed by atoms with Gasteiger partial charge in [0, 0.05) is 0 Å². The van der Waals surface area contributed by atoms with Gasteiger partial charge in [-0.05, 0) is 6.42 Å². The molecule has 0 heterocycles. The fraction of sp³-hybridized carbons (Fsp3) is 0.667. The molecule has 0 spiro atoms. The van der Waals surface area contributed by atoms with Crippen LogP contribution in [0.2, 0.25) is 0 Å². The molecule has 0 fully saturated rings. The maximum atomic E-state index is 11.5. The Morgan fingerprint density at radius 1 is 1.24 bits per heavy atom. The normalized spacial score (nSPS) is 12.0. The zero-order valence-electron chi connectivity index (χ0n) is 10.7. The van der Waals surface area contributed by atoms with Crippen LogP contribution in [0.4, 0.5) is 5.69 Å². The summed E-state index contributed by atoms with van der Waals surface area (Å²) in [7, 11) is 3.55. The van der Waals surface area contributed by atoms with E-state index in [0.717, 1.165) is 12.8 Å². The molecule has 0 aliphatic rings. The Kier molecular flexibility index (Phi) is 4.42. The Morgan fingerprint density at radius 3 is 2.41 bits per heavy atom. The second-order valence-corrected chi connectivity index (χ2v) is 4.67. The van der Waals surface area contributed by atoms with Gasteiger partial charge in [0.2, 0.25) is 11.4 Å². The van der Waals surface area contributed by atoms with E-state index in [2.05, 4.69) is 0 Å². The van der Waals surface area contributed by atoms with E-state index in [-0.39, 0.29) is 16.8 Å². The monoisotopic (exact) mass is 242 g/mol. The highest BCUT2D eigenvalue weighted by Crippen LogP contribution is 2.26. The molecule has 0 saturated carbocycles. The second kappa shape index (κ2) is 5.42. The zero-order valence-corrected chi connectivity index (χ0v) is 10.7. The number of aliphatic hydroxyl groups excluding tert-OH is 1. The van der Waals surface area contributed by atoms with Crippen molar-refractivity contribution in [2.75, 3.05) is 33.9 Å². The van der Waals surface area contributed by atoms with Crippen LogP contribution in [0.3, 0.4) is 0 Å². The number of hydrogen-bond acceptors (Lipinski definition) is 4. The van der Waals surface area contributed by atoms with E-state index in [1.54, 1.807) is 14.1 Å². The lowest BCUT2D eigenvalue weighted by molar-refractivity contribution is 0.232. The highest BCUT2D eigenvalue weighted by Gasteiger charge is 2.36. The van der Waals surface area contributed by atoms with Crippen molar-refractivity contribution >= 4 is 5.69 Å². The first-order chi connectivity index (χ1) is 7.95. The average Bonchev–Trinajstić information content (AvgIpc) is 2.26. The summed E-state index contributed by atoms with van der Waals surface area (Å²) >= 11 is 0. The molecule has 0 aliphatic carbocycles. The molecule has 0 aromatic heterocycles. The molecule has 1 aromatic carbocycles. The summed E-state index contributed by atoms with van der Waals surface area (Å²) in [5.41, 5.74) is -0.657. The van der Waals surface area contributed by atoms with Crippen molar-refractivity contribution in [3.05, 3.63) is 20.4 Å². The molecule has 0 aliphatic heterocycles. The fourth-order valence-corrected chi connectivity index (χ4v) is 1.72. The fourth-order valence-electron chi connectivity index (χ4n) is 1.72. The Morgan fingerprint density at radius 2 is 1.88 bits per heavy atom. The number of ether oxygens (including phenoxy) is 1. The van der Waals surface area contributed by atoms with Crippen LogP contribution in [-0.2, 0) is 0 Å². The maximum Gasteiger partial charge on any atom is 0.294 e. The van der Waals surface area contributed by atoms with Crippen LogP contribution in [0.1, 0.15) is 19.8 Å². The van der Waals surface area contributed by atoms with Crippen molar-refractivity contribution in [2.45, 2.75) is 19.8 Å². The van der Waals surface area contributed by atoms with Gasteiger partial charge in [0.1, 0.15) is 6.54 Å². The van der Waals surface area contributed by atoms with Crippen molar-refractivity contribution in [3.8, 4) is 5.75 Å². The number of hydrogen-bond donors (Lipinski definition) is 1. The van der Waals surface area contributed by atoms with Gasteiger partial charge < -0.3 is 9.84 Å². The molecule has 0 unspecified atom stereocenters. The van der Waals surface area contributed by atoms with Crippen LogP contribution in [0.15, 0.2) is 9.59 Å². The molecule has 17 heavy (non-hydrogen) atoms. The molecule has 0 saturated heterocycles. The Bertz CT molecular complexity index is 443. The van der Waals surface area contributed by atoms with Crippen LogP contribution >= 0.6 is 0 Å². The minimum absolute atomic E-state index is 0.0415. The lowest BCUT2D eigenvalue weighted by Gasteiger charge is -2.29. The molecule has 0 atom stereocenters. The van der Waals surface area contributed by atoms with Crippen LogP contribution < -0.4 is 20.1 Å². The van der Waals surface area contributed by atoms with E-state index in [9.17, 15) is 9.59 Å². The van der Waals surface area contributed by atoms with Gasteiger partial charge in [-0.1, -0.05) is 13.3 Å². The van der Waals surface area contributed by atoms with Crippen molar-refractivity contribution in [2.24, 2.45) is 0 Å². The van der Waals surface area contributed by atoms with E-state index in [4.69, 9.17) is 9.84 Å². The lowest BCUT2D eigenvalue weighted by Crippen LogP contribution is -2.52. The first kappa shape index (κ1) is 13.9. The lowest BCUT2D eigenvalue weighted by atomic mass is 10.1. The van der Waals surface area contributed by atoms with Gasteiger partial charge in [0.25, 0.3) is 10.9 Å². The number of likely N-dealkylation sites (N-methyl/N-ethyl adjacent to an activating group) is 1. The van der Waals surface area contributed by atoms with Gasteiger partial charge in [0.05, 0.1) is 27.3 Å². The third-order valence-electron chi connectivity index (χ3n) is 2.85. The van der Waals surface area contributed by atoms with Crippen molar-refractivity contribution in [1.29, 1.82) is 0 Å². The zero-order chi connectivity index (χ0) is 13.1. The summed E-state index contributed by atoms with van der Waals surface area (Å²) in [5, 5.41) is 8.95. The highest BCUT2D eigenvalue weighted by molar-refractivity contribution is 5.60. The topological polar surface area (TPSA) is 63.6 Å². The molecule has 5 nitrogen and oxygen atoms in total. The predicted octanol–water partition coefficient (Wildman–Crippen LogP) is 0.0207. The number of aliphatic hydroxyl groups is 1. The first-order valence-corrected chi connectivity index (χ1v) is 5.86. The van der Waals surface area contributed by atoms with Gasteiger partial charge in [0.15, 0.2) is 0 Å².